The highest BCUT2D eigenvalue weighted by Crippen LogP contribution is 2.01. The molecule has 0 aliphatic rings. The molecular weight excluding hydrogens is 258 g/mol. The Morgan fingerprint density at radius 2 is 2.33 bits per heavy atom. The summed E-state index contributed by atoms with van der Waals surface area (Å²) < 4.78 is 7.41. The molecule has 0 aromatic carbocycles. The van der Waals surface area contributed by atoms with E-state index in [0.29, 0.717) is 5.69 Å². The number of carbonyl (C=O) groups excluding carboxylic acids is 1. The molecule has 0 spiro atoms. The van der Waals surface area contributed by atoms with Gasteiger partial charge in [-0.3, -0.25) is 4.79 Å². The van der Waals surface area contributed by atoms with E-state index in [9.17, 15) is 9.59 Å². The number of carbonyl (C=O) groups is 2. The van der Waals surface area contributed by atoms with E-state index in [1.165, 1.54) is 18.7 Å². The highest BCUT2D eigenvalue weighted by molar-refractivity contribution is 6.99. The van der Waals surface area contributed by atoms with Gasteiger partial charge in [-0.05, 0) is 0 Å². The number of nitrogens with zero attached hydrogens (tertiary/aromatic N) is 3. The Morgan fingerprint density at radius 3 is 2.89 bits per heavy atom. The summed E-state index contributed by atoms with van der Waals surface area (Å²) in [4.78, 5) is 29.3. The van der Waals surface area contributed by atoms with Gasteiger partial charge in [0.05, 0.1) is 24.3 Å². The molecule has 0 unspecified atom stereocenters. The summed E-state index contributed by atoms with van der Waals surface area (Å²) in [6.07, 6.45) is 4.36. The first kappa shape index (κ1) is 12.2. The summed E-state index contributed by atoms with van der Waals surface area (Å²) in [6, 6.07) is -1.04. The topological polar surface area (TPSA) is 121 Å². The number of H-pyrrole nitrogens is 1. The Morgan fingerprint density at radius 1 is 1.50 bits per heavy atom. The SMILES string of the molecule is O=C(N[C@H](Cc1cnc[nH]1)C(=O)O)c1cnsn1. The van der Waals surface area contributed by atoms with Crippen LogP contribution < -0.4 is 5.32 Å². The largest absolute Gasteiger partial charge is 0.480 e. The van der Waals surface area contributed by atoms with Crippen LogP contribution in [0.5, 0.6) is 0 Å². The summed E-state index contributed by atoms with van der Waals surface area (Å²) in [5.74, 6) is -1.68. The van der Waals surface area contributed by atoms with Crippen LogP contribution in [0.15, 0.2) is 18.7 Å². The lowest BCUT2D eigenvalue weighted by Gasteiger charge is -2.12. The number of aromatic nitrogens is 4. The number of imidazole rings is 1. The number of hydrogen-bond acceptors (Lipinski definition) is 6. The van der Waals surface area contributed by atoms with Crippen molar-refractivity contribution in [3.8, 4) is 0 Å². The zero-order valence-corrected chi connectivity index (χ0v) is 9.85. The van der Waals surface area contributed by atoms with Crippen molar-refractivity contribution in [2.24, 2.45) is 0 Å². The highest BCUT2D eigenvalue weighted by atomic mass is 32.1. The minimum Gasteiger partial charge on any atom is -0.480 e. The van der Waals surface area contributed by atoms with Gasteiger partial charge in [-0.2, -0.15) is 8.75 Å². The lowest BCUT2D eigenvalue weighted by molar-refractivity contribution is -0.139. The van der Waals surface area contributed by atoms with E-state index in [0.717, 1.165) is 11.7 Å². The smallest absolute Gasteiger partial charge is 0.326 e. The lowest BCUT2D eigenvalue weighted by Crippen LogP contribution is -2.42. The van der Waals surface area contributed by atoms with Crippen molar-refractivity contribution in [3.63, 3.8) is 0 Å². The fourth-order valence-electron chi connectivity index (χ4n) is 1.31. The monoisotopic (exact) mass is 267 g/mol. The Bertz CT molecular complexity index is 524. The van der Waals surface area contributed by atoms with Crippen molar-refractivity contribution < 1.29 is 14.7 Å². The van der Waals surface area contributed by atoms with Gasteiger partial charge < -0.3 is 15.4 Å². The molecule has 0 bridgehead atoms. The molecule has 0 fully saturated rings. The van der Waals surface area contributed by atoms with Crippen molar-refractivity contribution >= 4 is 23.6 Å². The van der Waals surface area contributed by atoms with Crippen LogP contribution in [0.1, 0.15) is 16.2 Å². The zero-order chi connectivity index (χ0) is 13.0. The second kappa shape index (κ2) is 5.36. The Balaban J connectivity index is 2.03. The molecule has 0 aliphatic carbocycles. The normalized spacial score (nSPS) is 12.0. The first-order valence-electron chi connectivity index (χ1n) is 4.95. The van der Waals surface area contributed by atoms with Crippen molar-refractivity contribution in [1.82, 2.24) is 24.0 Å². The van der Waals surface area contributed by atoms with Crippen molar-refractivity contribution in [3.05, 3.63) is 30.1 Å². The average molecular weight is 267 g/mol. The first-order chi connectivity index (χ1) is 8.66. The number of carboxylic acids is 1. The molecule has 2 aromatic heterocycles. The van der Waals surface area contributed by atoms with Crippen LogP contribution >= 0.6 is 11.7 Å². The highest BCUT2D eigenvalue weighted by Gasteiger charge is 2.22. The molecule has 18 heavy (non-hydrogen) atoms. The molecule has 3 N–H and O–H groups in total. The van der Waals surface area contributed by atoms with Gasteiger partial charge in [0.25, 0.3) is 5.91 Å². The fraction of sp³-hybridized carbons (Fsp3) is 0.222. The number of aromatic amines is 1. The van der Waals surface area contributed by atoms with Crippen LogP contribution in [0, 0.1) is 0 Å². The maximum atomic E-state index is 11.7. The van der Waals surface area contributed by atoms with Crippen molar-refractivity contribution in [2.75, 3.05) is 0 Å². The van der Waals surface area contributed by atoms with Gasteiger partial charge in [0.15, 0.2) is 5.69 Å². The lowest BCUT2D eigenvalue weighted by atomic mass is 10.1. The number of hydrogen-bond donors (Lipinski definition) is 3. The number of nitrogens with one attached hydrogen (secondary N) is 2. The maximum absolute atomic E-state index is 11.7. The van der Waals surface area contributed by atoms with Crippen LogP contribution in [0.3, 0.4) is 0 Å². The molecule has 1 atom stereocenters. The van der Waals surface area contributed by atoms with Crippen LogP contribution in [0.4, 0.5) is 0 Å². The maximum Gasteiger partial charge on any atom is 0.326 e. The minimum absolute atomic E-state index is 0.107. The molecule has 2 aromatic rings. The summed E-state index contributed by atoms with van der Waals surface area (Å²) in [5.41, 5.74) is 0.731. The molecule has 2 rings (SSSR count). The molecule has 94 valence electrons. The predicted molar refractivity (Wildman–Crippen MR) is 61.1 cm³/mol. The molecule has 2 heterocycles. The van der Waals surface area contributed by atoms with Gasteiger partial charge in [-0.25, -0.2) is 9.78 Å². The van der Waals surface area contributed by atoms with E-state index in [2.05, 4.69) is 24.0 Å². The Labute approximate surface area is 105 Å². The molecule has 0 aliphatic heterocycles. The number of amides is 1. The summed E-state index contributed by atoms with van der Waals surface area (Å²) in [6.45, 7) is 0. The van der Waals surface area contributed by atoms with Gasteiger partial charge in [0, 0.05) is 18.3 Å². The van der Waals surface area contributed by atoms with Gasteiger partial charge in [-0.15, -0.1) is 0 Å². The standard InChI is InChI=1S/C9H9N5O3S/c15-8(7-3-12-18-14-7)13-6(9(16)17)1-5-2-10-4-11-5/h2-4,6H,1H2,(H,10,11)(H,13,15)(H,16,17)/t6-/m1/s1. The van der Waals surface area contributed by atoms with Crippen LogP contribution in [-0.4, -0.2) is 41.7 Å². The van der Waals surface area contributed by atoms with Crippen LogP contribution in [0.25, 0.3) is 0 Å². The van der Waals surface area contributed by atoms with Gasteiger partial charge in [-0.1, -0.05) is 0 Å². The van der Waals surface area contributed by atoms with E-state index in [1.54, 1.807) is 0 Å². The minimum atomic E-state index is -1.12. The van der Waals surface area contributed by atoms with E-state index >= 15 is 0 Å². The quantitative estimate of drug-likeness (QED) is 0.683. The number of carboxylic acid groups (broad SMARTS) is 1. The number of aliphatic carboxylic acids is 1. The van der Waals surface area contributed by atoms with Crippen LogP contribution in [-0.2, 0) is 11.2 Å². The molecule has 8 nitrogen and oxygen atoms in total. The Kier molecular flexibility index (Phi) is 3.63. The Hall–Kier alpha value is -2.29. The second-order valence-corrected chi connectivity index (χ2v) is 3.99. The summed E-state index contributed by atoms with van der Waals surface area (Å²) >= 11 is 0.884. The third-order valence-electron chi connectivity index (χ3n) is 2.18. The van der Waals surface area contributed by atoms with Gasteiger partial charge in [0.2, 0.25) is 0 Å². The molecular formula is C9H9N5O3S. The molecule has 9 heteroatoms. The van der Waals surface area contributed by atoms with E-state index in [1.807, 2.05) is 0 Å². The average Bonchev–Trinajstić information content (AvgIpc) is 3.00. The van der Waals surface area contributed by atoms with Crippen molar-refractivity contribution in [1.29, 1.82) is 0 Å². The van der Waals surface area contributed by atoms with E-state index < -0.39 is 17.9 Å². The second-order valence-electron chi connectivity index (χ2n) is 3.44. The van der Waals surface area contributed by atoms with Gasteiger partial charge in [0.1, 0.15) is 6.04 Å². The van der Waals surface area contributed by atoms with Crippen LogP contribution in [0.2, 0.25) is 0 Å². The number of rotatable bonds is 5. The predicted octanol–water partition coefficient (Wildman–Crippen LogP) is -0.313. The van der Waals surface area contributed by atoms with E-state index in [-0.39, 0.29) is 12.1 Å². The molecule has 0 saturated carbocycles. The third-order valence-corrected chi connectivity index (χ3v) is 2.65. The van der Waals surface area contributed by atoms with Gasteiger partial charge >= 0.3 is 5.97 Å². The molecule has 0 saturated heterocycles. The summed E-state index contributed by atoms with van der Waals surface area (Å²) in [5, 5.41) is 11.4. The first-order valence-corrected chi connectivity index (χ1v) is 5.68. The third kappa shape index (κ3) is 2.88. The summed E-state index contributed by atoms with van der Waals surface area (Å²) in [7, 11) is 0. The molecule has 1 amide bonds. The zero-order valence-electron chi connectivity index (χ0n) is 9.03. The fourth-order valence-corrected chi connectivity index (χ4v) is 1.73. The van der Waals surface area contributed by atoms with Crippen molar-refractivity contribution in [2.45, 2.75) is 12.5 Å². The molecule has 0 radical (unpaired) electrons. The van der Waals surface area contributed by atoms with E-state index in [4.69, 9.17) is 5.11 Å².